The minimum absolute atomic E-state index is 0.646. The molecule has 1 N–H and O–H groups in total. The summed E-state index contributed by atoms with van der Waals surface area (Å²) >= 11 is 0. The van der Waals surface area contributed by atoms with Crippen molar-refractivity contribution < 1.29 is 9.52 Å². The number of hydrogen-bond donors (Lipinski definition) is 1. The van der Waals surface area contributed by atoms with Gasteiger partial charge < -0.3 is 9.52 Å². The highest BCUT2D eigenvalue weighted by molar-refractivity contribution is 5.63. The molecule has 1 heterocycles. The van der Waals surface area contributed by atoms with Gasteiger partial charge in [-0.15, -0.1) is 0 Å². The Morgan fingerprint density at radius 2 is 1.48 bits per heavy atom. The van der Waals surface area contributed by atoms with Gasteiger partial charge in [-0.3, -0.25) is 0 Å². The third kappa shape index (κ3) is 2.76. The summed E-state index contributed by atoms with van der Waals surface area (Å²) in [5, 5.41) is 10.5. The van der Waals surface area contributed by atoms with Crippen LogP contribution in [0.25, 0.3) is 11.1 Å². The van der Waals surface area contributed by atoms with E-state index in [1.165, 1.54) is 5.56 Å². The summed E-state index contributed by atoms with van der Waals surface area (Å²) in [4.78, 5) is 0. The lowest BCUT2D eigenvalue weighted by Gasteiger charge is -2.11. The van der Waals surface area contributed by atoms with E-state index < -0.39 is 6.10 Å². The zero-order valence-corrected chi connectivity index (χ0v) is 12.2. The summed E-state index contributed by atoms with van der Waals surface area (Å²) in [6.45, 7) is 3.77. The summed E-state index contributed by atoms with van der Waals surface area (Å²) in [5.74, 6) is 1.59. The van der Waals surface area contributed by atoms with Gasteiger partial charge >= 0.3 is 0 Å². The van der Waals surface area contributed by atoms with Crippen LogP contribution in [0, 0.1) is 13.8 Å². The molecule has 2 heteroatoms. The third-order valence-corrected chi connectivity index (χ3v) is 3.71. The first kappa shape index (κ1) is 13.7. The standard InChI is InChI=1S/C19H18O2/c1-13-12-18(14(2)21-13)19(20)17-10-8-16(9-11-17)15-6-4-3-5-7-15/h3-12,19-20H,1-2H3. The van der Waals surface area contributed by atoms with E-state index in [0.29, 0.717) is 0 Å². The molecule has 1 unspecified atom stereocenters. The maximum Gasteiger partial charge on any atom is 0.107 e. The molecule has 0 fully saturated rings. The van der Waals surface area contributed by atoms with Crippen LogP contribution >= 0.6 is 0 Å². The molecule has 2 nitrogen and oxygen atoms in total. The van der Waals surface area contributed by atoms with Crippen LogP contribution in [0.1, 0.15) is 28.8 Å². The first-order valence-corrected chi connectivity index (χ1v) is 7.05. The zero-order valence-electron chi connectivity index (χ0n) is 12.2. The van der Waals surface area contributed by atoms with Crippen molar-refractivity contribution in [2.24, 2.45) is 0 Å². The summed E-state index contributed by atoms with van der Waals surface area (Å²) < 4.78 is 5.49. The van der Waals surface area contributed by atoms with Crippen LogP contribution in [0.4, 0.5) is 0 Å². The first-order valence-electron chi connectivity index (χ1n) is 7.05. The molecule has 3 rings (SSSR count). The molecule has 0 spiro atoms. The highest BCUT2D eigenvalue weighted by atomic mass is 16.3. The van der Waals surface area contributed by atoms with Crippen molar-refractivity contribution in [3.63, 3.8) is 0 Å². The lowest BCUT2D eigenvalue weighted by atomic mass is 9.98. The summed E-state index contributed by atoms with van der Waals surface area (Å²) in [7, 11) is 0. The quantitative estimate of drug-likeness (QED) is 0.756. The van der Waals surface area contributed by atoms with Crippen molar-refractivity contribution in [3.8, 4) is 11.1 Å². The minimum atomic E-state index is -0.646. The van der Waals surface area contributed by atoms with Crippen molar-refractivity contribution >= 4 is 0 Å². The number of aryl methyl sites for hydroxylation is 2. The van der Waals surface area contributed by atoms with Gasteiger partial charge in [-0.1, -0.05) is 54.6 Å². The predicted octanol–water partition coefficient (Wildman–Crippen LogP) is 4.65. The van der Waals surface area contributed by atoms with Crippen molar-refractivity contribution in [2.75, 3.05) is 0 Å². The lowest BCUT2D eigenvalue weighted by molar-refractivity contribution is 0.218. The molecular formula is C19H18O2. The molecule has 2 aromatic carbocycles. The van der Waals surface area contributed by atoms with E-state index >= 15 is 0 Å². The van der Waals surface area contributed by atoms with Crippen LogP contribution in [0.5, 0.6) is 0 Å². The highest BCUT2D eigenvalue weighted by Gasteiger charge is 2.16. The smallest absolute Gasteiger partial charge is 0.107 e. The Morgan fingerprint density at radius 3 is 2.05 bits per heavy atom. The number of hydrogen-bond acceptors (Lipinski definition) is 2. The number of benzene rings is 2. The van der Waals surface area contributed by atoms with Gasteiger partial charge in [0.15, 0.2) is 0 Å². The fraction of sp³-hybridized carbons (Fsp3) is 0.158. The highest BCUT2D eigenvalue weighted by Crippen LogP contribution is 2.29. The Hall–Kier alpha value is -2.32. The Morgan fingerprint density at radius 1 is 0.857 bits per heavy atom. The molecule has 0 bridgehead atoms. The van der Waals surface area contributed by atoms with Gasteiger partial charge in [0.05, 0.1) is 0 Å². The second-order valence-electron chi connectivity index (χ2n) is 5.26. The van der Waals surface area contributed by atoms with Crippen LogP contribution in [-0.4, -0.2) is 5.11 Å². The van der Waals surface area contributed by atoms with Gasteiger partial charge in [-0.2, -0.15) is 0 Å². The normalized spacial score (nSPS) is 12.3. The van der Waals surface area contributed by atoms with Crippen molar-refractivity contribution in [2.45, 2.75) is 20.0 Å². The fourth-order valence-corrected chi connectivity index (χ4v) is 2.59. The minimum Gasteiger partial charge on any atom is -0.466 e. The number of aliphatic hydroxyl groups is 1. The molecule has 0 saturated heterocycles. The van der Waals surface area contributed by atoms with Crippen molar-refractivity contribution in [3.05, 3.63) is 83.3 Å². The maximum atomic E-state index is 10.5. The largest absolute Gasteiger partial charge is 0.466 e. The maximum absolute atomic E-state index is 10.5. The first-order chi connectivity index (χ1) is 10.1. The van der Waals surface area contributed by atoms with Crippen molar-refractivity contribution in [1.82, 2.24) is 0 Å². The molecule has 1 atom stereocenters. The lowest BCUT2D eigenvalue weighted by Crippen LogP contribution is -1.99. The van der Waals surface area contributed by atoms with E-state index in [2.05, 4.69) is 12.1 Å². The van der Waals surface area contributed by atoms with Gasteiger partial charge in [-0.05, 0) is 36.6 Å². The molecular weight excluding hydrogens is 260 g/mol. The molecule has 0 radical (unpaired) electrons. The topological polar surface area (TPSA) is 33.4 Å². The van der Waals surface area contributed by atoms with Gasteiger partial charge in [-0.25, -0.2) is 0 Å². The van der Waals surface area contributed by atoms with Gasteiger partial charge in [0.1, 0.15) is 17.6 Å². The molecule has 1 aromatic heterocycles. The van der Waals surface area contributed by atoms with Crippen LogP contribution < -0.4 is 0 Å². The molecule has 0 aliphatic heterocycles. The zero-order chi connectivity index (χ0) is 14.8. The average molecular weight is 278 g/mol. The predicted molar refractivity (Wildman–Crippen MR) is 84.1 cm³/mol. The molecule has 0 saturated carbocycles. The molecule has 21 heavy (non-hydrogen) atoms. The number of furan rings is 1. The van der Waals surface area contributed by atoms with E-state index in [-0.39, 0.29) is 0 Å². The Balaban J connectivity index is 1.89. The monoisotopic (exact) mass is 278 g/mol. The van der Waals surface area contributed by atoms with E-state index in [9.17, 15) is 5.11 Å². The summed E-state index contributed by atoms with van der Waals surface area (Å²) in [5.41, 5.74) is 4.03. The molecule has 0 aliphatic rings. The molecule has 106 valence electrons. The third-order valence-electron chi connectivity index (χ3n) is 3.71. The van der Waals surface area contributed by atoms with Crippen LogP contribution in [0.15, 0.2) is 65.1 Å². The van der Waals surface area contributed by atoms with Crippen molar-refractivity contribution in [1.29, 1.82) is 0 Å². The van der Waals surface area contributed by atoms with E-state index in [4.69, 9.17) is 4.42 Å². The van der Waals surface area contributed by atoms with Crippen LogP contribution in [-0.2, 0) is 0 Å². The van der Waals surface area contributed by atoms with E-state index in [0.717, 1.165) is 28.2 Å². The Bertz CT molecular complexity index is 724. The Kier molecular flexibility index (Phi) is 3.63. The van der Waals surface area contributed by atoms with E-state index in [1.54, 1.807) is 0 Å². The van der Waals surface area contributed by atoms with Gasteiger partial charge in [0, 0.05) is 5.56 Å². The summed E-state index contributed by atoms with van der Waals surface area (Å²) in [6.07, 6.45) is -0.646. The van der Waals surface area contributed by atoms with E-state index in [1.807, 2.05) is 62.4 Å². The number of aliphatic hydroxyl groups excluding tert-OH is 1. The molecule has 3 aromatic rings. The molecule has 0 aliphatic carbocycles. The Labute approximate surface area is 124 Å². The molecule has 0 amide bonds. The summed E-state index contributed by atoms with van der Waals surface area (Å²) in [6, 6.07) is 20.1. The number of rotatable bonds is 3. The van der Waals surface area contributed by atoms with Crippen LogP contribution in [0.3, 0.4) is 0 Å². The van der Waals surface area contributed by atoms with Crippen LogP contribution in [0.2, 0.25) is 0 Å². The second-order valence-corrected chi connectivity index (χ2v) is 5.26. The second kappa shape index (κ2) is 5.58. The SMILES string of the molecule is Cc1cc(C(O)c2ccc(-c3ccccc3)cc2)c(C)o1. The average Bonchev–Trinajstić information content (AvgIpc) is 2.86. The van der Waals surface area contributed by atoms with Gasteiger partial charge in [0.25, 0.3) is 0 Å². The fourth-order valence-electron chi connectivity index (χ4n) is 2.59. The van der Waals surface area contributed by atoms with Gasteiger partial charge in [0.2, 0.25) is 0 Å².